The summed E-state index contributed by atoms with van der Waals surface area (Å²) in [5.74, 6) is 1.17. The zero-order chi connectivity index (χ0) is 19.4. The van der Waals surface area contributed by atoms with Crippen LogP contribution in [0.1, 0.15) is 75.2 Å². The second-order valence-electron chi connectivity index (χ2n) is 9.12. The van der Waals surface area contributed by atoms with Crippen LogP contribution in [0.25, 0.3) is 0 Å². The molecule has 0 spiro atoms. The van der Waals surface area contributed by atoms with E-state index in [-0.39, 0.29) is 30.2 Å². The summed E-state index contributed by atoms with van der Waals surface area (Å²) in [5.41, 5.74) is 0.983. The number of rotatable bonds is 5. The summed E-state index contributed by atoms with van der Waals surface area (Å²) in [6, 6.07) is 7.27. The smallest absolute Gasteiger partial charge is 0.338 e. The summed E-state index contributed by atoms with van der Waals surface area (Å²) in [6.07, 6.45) is 8.08. The monoisotopic (exact) mass is 407 g/mol. The summed E-state index contributed by atoms with van der Waals surface area (Å²) in [5, 5.41) is 3.46. The standard InChI is InChI=1S/C23H33NO3.ClH/c1-23(2,3)27-22(26)18-11-9-16(10-12-18)15-20(25)21-19(13-14-24-21)17-7-5-4-6-8-17;/h9-12,17,19,21,24H,4-8,13-15H2,1-3H3;1H/t19-,21-;/m0./s1. The number of carbonyl (C=O) groups excluding carboxylic acids is 2. The van der Waals surface area contributed by atoms with Gasteiger partial charge < -0.3 is 10.1 Å². The van der Waals surface area contributed by atoms with Crippen LogP contribution in [0.3, 0.4) is 0 Å². The van der Waals surface area contributed by atoms with E-state index >= 15 is 0 Å². The number of hydrogen-bond donors (Lipinski definition) is 1. The van der Waals surface area contributed by atoms with Crippen molar-refractivity contribution < 1.29 is 14.3 Å². The highest BCUT2D eigenvalue weighted by Crippen LogP contribution is 2.36. The molecule has 1 aromatic carbocycles. The third kappa shape index (κ3) is 6.05. The van der Waals surface area contributed by atoms with Crippen LogP contribution in [-0.2, 0) is 16.0 Å². The van der Waals surface area contributed by atoms with Gasteiger partial charge in [-0.25, -0.2) is 4.79 Å². The van der Waals surface area contributed by atoms with Gasteiger partial charge in [0.2, 0.25) is 0 Å². The van der Waals surface area contributed by atoms with Crippen LogP contribution < -0.4 is 5.32 Å². The fourth-order valence-electron chi connectivity index (χ4n) is 4.55. The normalized spacial score (nSPS) is 23.1. The predicted octanol–water partition coefficient (Wildman–Crippen LogP) is 4.73. The molecule has 1 aliphatic heterocycles. The molecule has 156 valence electrons. The first-order chi connectivity index (χ1) is 12.8. The molecule has 1 aliphatic carbocycles. The third-order valence-corrected chi connectivity index (χ3v) is 5.84. The first-order valence-corrected chi connectivity index (χ1v) is 10.4. The maximum atomic E-state index is 12.9. The lowest BCUT2D eigenvalue weighted by Crippen LogP contribution is -2.40. The summed E-state index contributed by atoms with van der Waals surface area (Å²) in [6.45, 7) is 6.52. The Morgan fingerprint density at radius 3 is 2.29 bits per heavy atom. The van der Waals surface area contributed by atoms with Crippen molar-refractivity contribution in [3.63, 3.8) is 0 Å². The molecule has 0 aromatic heterocycles. The van der Waals surface area contributed by atoms with Crippen LogP contribution in [0.15, 0.2) is 24.3 Å². The lowest BCUT2D eigenvalue weighted by molar-refractivity contribution is -0.121. The van der Waals surface area contributed by atoms with Crippen LogP contribution in [0.4, 0.5) is 0 Å². The Hall–Kier alpha value is -1.39. The number of ether oxygens (including phenoxy) is 1. The van der Waals surface area contributed by atoms with Gasteiger partial charge >= 0.3 is 5.97 Å². The first kappa shape index (κ1) is 22.9. The summed E-state index contributed by atoms with van der Waals surface area (Å²) in [4.78, 5) is 25.0. The highest BCUT2D eigenvalue weighted by molar-refractivity contribution is 5.90. The van der Waals surface area contributed by atoms with Crippen LogP contribution in [-0.4, -0.2) is 29.9 Å². The van der Waals surface area contributed by atoms with Crippen molar-refractivity contribution in [3.05, 3.63) is 35.4 Å². The zero-order valence-electron chi connectivity index (χ0n) is 17.3. The Morgan fingerprint density at radius 1 is 1.04 bits per heavy atom. The Balaban J connectivity index is 0.00000280. The minimum Gasteiger partial charge on any atom is -0.456 e. The van der Waals surface area contributed by atoms with Crippen LogP contribution >= 0.6 is 12.4 Å². The molecule has 1 saturated heterocycles. The maximum Gasteiger partial charge on any atom is 0.338 e. The number of halogens is 1. The Bertz CT molecular complexity index is 659. The average molecular weight is 408 g/mol. The molecule has 4 nitrogen and oxygen atoms in total. The van der Waals surface area contributed by atoms with Crippen LogP contribution in [0.5, 0.6) is 0 Å². The third-order valence-electron chi connectivity index (χ3n) is 5.84. The Morgan fingerprint density at radius 2 is 1.68 bits per heavy atom. The lowest BCUT2D eigenvalue weighted by atomic mass is 9.75. The lowest BCUT2D eigenvalue weighted by Gasteiger charge is -2.30. The number of carbonyl (C=O) groups is 2. The Kier molecular flexibility index (Phi) is 8.08. The van der Waals surface area contributed by atoms with E-state index in [1.807, 2.05) is 32.9 Å². The molecule has 28 heavy (non-hydrogen) atoms. The van der Waals surface area contributed by atoms with E-state index in [1.54, 1.807) is 12.1 Å². The van der Waals surface area contributed by atoms with E-state index in [0.29, 0.717) is 23.8 Å². The molecule has 5 heteroatoms. The van der Waals surface area contributed by atoms with Gasteiger partial charge in [-0.05, 0) is 63.3 Å². The van der Waals surface area contributed by atoms with E-state index in [9.17, 15) is 9.59 Å². The minimum absolute atomic E-state index is 0. The van der Waals surface area contributed by atoms with E-state index in [2.05, 4.69) is 5.32 Å². The summed E-state index contributed by atoms with van der Waals surface area (Å²) < 4.78 is 5.39. The van der Waals surface area contributed by atoms with Crippen LogP contribution in [0.2, 0.25) is 0 Å². The van der Waals surface area contributed by atoms with Crippen molar-refractivity contribution in [1.29, 1.82) is 0 Å². The average Bonchev–Trinajstić information content (AvgIpc) is 3.11. The maximum absolute atomic E-state index is 12.9. The molecule has 2 aliphatic rings. The van der Waals surface area contributed by atoms with Gasteiger partial charge in [0.15, 0.2) is 5.78 Å². The van der Waals surface area contributed by atoms with E-state index < -0.39 is 5.60 Å². The molecule has 0 amide bonds. The van der Waals surface area contributed by atoms with Gasteiger partial charge in [0.05, 0.1) is 11.6 Å². The predicted molar refractivity (Wildman–Crippen MR) is 114 cm³/mol. The molecule has 1 saturated carbocycles. The molecule has 3 rings (SSSR count). The van der Waals surface area contributed by atoms with Crippen molar-refractivity contribution in [1.82, 2.24) is 5.32 Å². The molecule has 1 aromatic rings. The number of hydrogen-bond acceptors (Lipinski definition) is 4. The summed E-state index contributed by atoms with van der Waals surface area (Å²) in [7, 11) is 0. The number of ketones is 1. The zero-order valence-corrected chi connectivity index (χ0v) is 18.1. The number of esters is 1. The van der Waals surface area contributed by atoms with Gasteiger partial charge in [-0.1, -0.05) is 44.2 Å². The van der Waals surface area contributed by atoms with Gasteiger partial charge in [-0.2, -0.15) is 0 Å². The second kappa shape index (κ2) is 9.89. The van der Waals surface area contributed by atoms with Crippen molar-refractivity contribution >= 4 is 24.2 Å². The molecule has 2 atom stereocenters. The van der Waals surface area contributed by atoms with E-state index in [0.717, 1.165) is 18.5 Å². The second-order valence-corrected chi connectivity index (χ2v) is 9.12. The Labute approximate surface area is 175 Å². The molecular weight excluding hydrogens is 374 g/mol. The number of Topliss-reactive ketones (excluding diaryl/α,β-unsaturated/α-hetero) is 1. The van der Waals surface area contributed by atoms with Crippen LogP contribution in [0, 0.1) is 11.8 Å². The first-order valence-electron chi connectivity index (χ1n) is 10.4. The van der Waals surface area contributed by atoms with E-state index in [1.165, 1.54) is 32.1 Å². The quantitative estimate of drug-likeness (QED) is 0.716. The van der Waals surface area contributed by atoms with Gasteiger partial charge in [0.1, 0.15) is 5.60 Å². The molecule has 2 fully saturated rings. The highest BCUT2D eigenvalue weighted by atomic mass is 35.5. The SMILES string of the molecule is CC(C)(C)OC(=O)c1ccc(CC(=O)[C@H]2NCC[C@H]2C2CCCCC2)cc1.Cl. The molecule has 1 N–H and O–H groups in total. The van der Waals surface area contributed by atoms with E-state index in [4.69, 9.17) is 4.74 Å². The fourth-order valence-corrected chi connectivity index (χ4v) is 4.55. The molecule has 0 radical (unpaired) electrons. The van der Waals surface area contributed by atoms with Crippen molar-refractivity contribution in [3.8, 4) is 0 Å². The number of nitrogens with one attached hydrogen (secondary N) is 1. The van der Waals surface area contributed by atoms with Gasteiger partial charge in [0, 0.05) is 6.42 Å². The highest BCUT2D eigenvalue weighted by Gasteiger charge is 2.37. The topological polar surface area (TPSA) is 55.4 Å². The van der Waals surface area contributed by atoms with Gasteiger partial charge in [-0.3, -0.25) is 4.79 Å². The summed E-state index contributed by atoms with van der Waals surface area (Å²) >= 11 is 0. The van der Waals surface area contributed by atoms with Crippen molar-refractivity contribution in [2.75, 3.05) is 6.54 Å². The van der Waals surface area contributed by atoms with Crippen molar-refractivity contribution in [2.45, 2.75) is 77.4 Å². The fraction of sp³-hybridized carbons (Fsp3) is 0.652. The molecule has 1 heterocycles. The van der Waals surface area contributed by atoms with Gasteiger partial charge in [-0.15, -0.1) is 12.4 Å². The van der Waals surface area contributed by atoms with Crippen molar-refractivity contribution in [2.24, 2.45) is 11.8 Å². The van der Waals surface area contributed by atoms with Gasteiger partial charge in [0.25, 0.3) is 0 Å². The minimum atomic E-state index is -0.506. The molecule has 0 unspecified atom stereocenters. The largest absolute Gasteiger partial charge is 0.456 e. The molecule has 0 bridgehead atoms. The molecular formula is C23H34ClNO3. The number of benzene rings is 1.